The Morgan fingerprint density at radius 1 is 1.20 bits per heavy atom. The van der Waals surface area contributed by atoms with Crippen molar-refractivity contribution in [2.45, 2.75) is 64.4 Å². The van der Waals surface area contributed by atoms with E-state index in [0.717, 1.165) is 4.47 Å². The maximum atomic E-state index is 13.0. The summed E-state index contributed by atoms with van der Waals surface area (Å²) in [5.41, 5.74) is -0.969. The van der Waals surface area contributed by atoms with Gasteiger partial charge in [0.05, 0.1) is 21.8 Å². The first-order valence-corrected chi connectivity index (χ1v) is 9.99. The van der Waals surface area contributed by atoms with Gasteiger partial charge in [-0.2, -0.15) is 0 Å². The molecule has 1 rings (SSSR count). The molecule has 0 aliphatic rings. The Hall–Kier alpha value is -1.05. The van der Waals surface area contributed by atoms with Gasteiger partial charge < -0.3 is 4.74 Å². The van der Waals surface area contributed by atoms with E-state index in [1.54, 1.807) is 58.9 Å². The van der Waals surface area contributed by atoms with E-state index in [9.17, 15) is 13.8 Å². The predicted molar refractivity (Wildman–Crippen MR) is 103 cm³/mol. The number of esters is 1. The van der Waals surface area contributed by atoms with Gasteiger partial charge in [-0.15, -0.1) is 0 Å². The van der Waals surface area contributed by atoms with E-state index < -0.39 is 27.2 Å². The van der Waals surface area contributed by atoms with Crippen molar-refractivity contribution < 1.29 is 18.5 Å². The van der Waals surface area contributed by atoms with Gasteiger partial charge in [0.15, 0.2) is 5.54 Å². The van der Waals surface area contributed by atoms with Crippen LogP contribution in [0.15, 0.2) is 28.7 Å². The van der Waals surface area contributed by atoms with Crippen LogP contribution in [0.3, 0.4) is 0 Å². The third-order valence-electron chi connectivity index (χ3n) is 3.37. The largest absolute Gasteiger partial charge is 0.461 e. The van der Waals surface area contributed by atoms with E-state index in [4.69, 9.17) is 4.74 Å². The van der Waals surface area contributed by atoms with Gasteiger partial charge in [0.25, 0.3) is 0 Å². The average molecular weight is 432 g/mol. The van der Waals surface area contributed by atoms with Crippen LogP contribution in [0, 0.1) is 0 Å². The standard InChI is InChI=1S/C18H26BrNO4S/c1-12(2)24-16(22)18(11-13(3)21,20-25(23)17(4,5)6)14-7-9-15(19)10-8-14/h7-10,12,20H,11H2,1-6H3/t18-,25+/m1/s1. The van der Waals surface area contributed by atoms with E-state index in [-0.39, 0.29) is 18.3 Å². The van der Waals surface area contributed by atoms with Crippen molar-refractivity contribution in [1.29, 1.82) is 0 Å². The van der Waals surface area contributed by atoms with E-state index in [0.29, 0.717) is 5.56 Å². The molecular formula is C18H26BrNO4S. The van der Waals surface area contributed by atoms with Crippen molar-refractivity contribution in [3.63, 3.8) is 0 Å². The summed E-state index contributed by atoms with van der Waals surface area (Å²) >= 11 is 3.36. The molecule has 140 valence electrons. The summed E-state index contributed by atoms with van der Waals surface area (Å²) in [5.74, 6) is -0.820. The molecular weight excluding hydrogens is 406 g/mol. The number of Topliss-reactive ketones (excluding diaryl/α,β-unsaturated/α-hetero) is 1. The number of benzene rings is 1. The Labute approximate surface area is 160 Å². The Kier molecular flexibility index (Phi) is 7.53. The van der Waals surface area contributed by atoms with E-state index >= 15 is 0 Å². The molecule has 0 aliphatic heterocycles. The molecule has 0 spiro atoms. The third kappa shape index (κ3) is 6.01. The van der Waals surface area contributed by atoms with Gasteiger partial charge in [0.2, 0.25) is 0 Å². The lowest BCUT2D eigenvalue weighted by Gasteiger charge is -2.35. The zero-order valence-corrected chi connectivity index (χ0v) is 17.9. The lowest BCUT2D eigenvalue weighted by Crippen LogP contribution is -2.55. The zero-order valence-electron chi connectivity index (χ0n) is 15.5. The van der Waals surface area contributed by atoms with Gasteiger partial charge in [0.1, 0.15) is 5.78 Å². The van der Waals surface area contributed by atoms with Crippen LogP contribution in [0.2, 0.25) is 0 Å². The maximum absolute atomic E-state index is 13.0. The number of halogens is 1. The van der Waals surface area contributed by atoms with Gasteiger partial charge in [-0.05, 0) is 59.2 Å². The number of nitrogens with one attached hydrogen (secondary N) is 1. The summed E-state index contributed by atoms with van der Waals surface area (Å²) in [4.78, 5) is 24.9. The second kappa shape index (κ2) is 8.56. The molecule has 0 bridgehead atoms. The molecule has 1 aromatic carbocycles. The van der Waals surface area contributed by atoms with Crippen LogP contribution >= 0.6 is 15.9 Å². The number of ketones is 1. The van der Waals surface area contributed by atoms with Gasteiger partial charge in [-0.3, -0.25) is 4.79 Å². The second-order valence-corrected chi connectivity index (χ2v) is 10.1. The minimum absolute atomic E-state index is 0.151. The first kappa shape index (κ1) is 22.0. The Bertz CT molecular complexity index is 652. The van der Waals surface area contributed by atoms with Crippen molar-refractivity contribution >= 4 is 38.7 Å². The van der Waals surface area contributed by atoms with Crippen LogP contribution < -0.4 is 4.72 Å². The minimum atomic E-state index is -1.58. The van der Waals surface area contributed by atoms with Crippen LogP contribution in [0.1, 0.15) is 53.5 Å². The van der Waals surface area contributed by atoms with Crippen LogP contribution in [-0.4, -0.2) is 26.8 Å². The molecule has 0 aliphatic carbocycles. The highest BCUT2D eigenvalue weighted by molar-refractivity contribution is 9.10. The highest BCUT2D eigenvalue weighted by atomic mass is 79.9. The van der Waals surface area contributed by atoms with Crippen LogP contribution in [0.4, 0.5) is 0 Å². The molecule has 1 aromatic rings. The molecule has 0 heterocycles. The maximum Gasteiger partial charge on any atom is 0.332 e. The SMILES string of the molecule is CC(=O)C[C@](N[S@@](=O)C(C)(C)C)(C(=O)OC(C)C)c1ccc(Br)cc1. The normalized spacial score (nSPS) is 15.5. The number of carbonyl (C=O) groups excluding carboxylic acids is 2. The molecule has 2 atom stereocenters. The number of rotatable bonds is 7. The Balaban J connectivity index is 3.51. The summed E-state index contributed by atoms with van der Waals surface area (Å²) in [7, 11) is -1.58. The van der Waals surface area contributed by atoms with Crippen molar-refractivity contribution in [3.05, 3.63) is 34.3 Å². The predicted octanol–water partition coefficient (Wildman–Crippen LogP) is 3.63. The number of carbonyl (C=O) groups is 2. The molecule has 0 radical (unpaired) electrons. The summed E-state index contributed by atoms with van der Waals surface area (Å²) in [6.07, 6.45) is -0.513. The van der Waals surface area contributed by atoms with E-state index in [2.05, 4.69) is 20.7 Å². The molecule has 0 aromatic heterocycles. The van der Waals surface area contributed by atoms with Crippen molar-refractivity contribution in [3.8, 4) is 0 Å². The number of hydrogen-bond donors (Lipinski definition) is 1. The van der Waals surface area contributed by atoms with E-state index in [1.807, 2.05) is 0 Å². The fourth-order valence-corrected chi connectivity index (χ4v) is 3.32. The summed E-state index contributed by atoms with van der Waals surface area (Å²) < 4.78 is 21.3. The third-order valence-corrected chi connectivity index (χ3v) is 5.54. The van der Waals surface area contributed by atoms with Crippen molar-refractivity contribution in [2.24, 2.45) is 0 Å². The van der Waals surface area contributed by atoms with Crippen LogP contribution in [0.5, 0.6) is 0 Å². The molecule has 25 heavy (non-hydrogen) atoms. The fourth-order valence-electron chi connectivity index (χ4n) is 2.16. The molecule has 5 nitrogen and oxygen atoms in total. The van der Waals surface area contributed by atoms with Crippen LogP contribution in [-0.2, 0) is 30.9 Å². The van der Waals surface area contributed by atoms with Gasteiger partial charge in [0, 0.05) is 10.9 Å². The van der Waals surface area contributed by atoms with Crippen molar-refractivity contribution in [2.75, 3.05) is 0 Å². The lowest BCUT2D eigenvalue weighted by molar-refractivity contribution is -0.156. The Morgan fingerprint density at radius 2 is 1.72 bits per heavy atom. The molecule has 1 N–H and O–H groups in total. The number of hydrogen-bond acceptors (Lipinski definition) is 4. The molecule has 0 saturated heterocycles. The summed E-state index contributed by atoms with van der Waals surface area (Å²) in [6, 6.07) is 6.99. The summed E-state index contributed by atoms with van der Waals surface area (Å²) in [5, 5.41) is 0. The Morgan fingerprint density at radius 3 is 2.12 bits per heavy atom. The van der Waals surface area contributed by atoms with Gasteiger partial charge >= 0.3 is 5.97 Å². The van der Waals surface area contributed by atoms with Gasteiger partial charge in [-0.1, -0.05) is 28.1 Å². The smallest absolute Gasteiger partial charge is 0.332 e. The van der Waals surface area contributed by atoms with Crippen molar-refractivity contribution in [1.82, 2.24) is 4.72 Å². The highest BCUT2D eigenvalue weighted by Gasteiger charge is 2.46. The molecule has 7 heteroatoms. The first-order chi connectivity index (χ1) is 11.4. The lowest BCUT2D eigenvalue weighted by atomic mass is 9.86. The summed E-state index contributed by atoms with van der Waals surface area (Å²) in [6.45, 7) is 10.3. The zero-order chi connectivity index (χ0) is 19.4. The average Bonchev–Trinajstić information content (AvgIpc) is 2.44. The molecule has 0 amide bonds. The van der Waals surface area contributed by atoms with E-state index in [1.165, 1.54) is 6.92 Å². The van der Waals surface area contributed by atoms with Gasteiger partial charge in [-0.25, -0.2) is 13.7 Å². The van der Waals surface area contributed by atoms with Crippen LogP contribution in [0.25, 0.3) is 0 Å². The molecule has 0 unspecified atom stereocenters. The fraction of sp³-hybridized carbons (Fsp3) is 0.556. The second-order valence-electron chi connectivity index (χ2n) is 7.23. The quantitative estimate of drug-likeness (QED) is 0.668. The first-order valence-electron chi connectivity index (χ1n) is 8.05. The minimum Gasteiger partial charge on any atom is -0.461 e. The monoisotopic (exact) mass is 431 g/mol. The highest BCUT2D eigenvalue weighted by Crippen LogP contribution is 2.31. The topological polar surface area (TPSA) is 72.5 Å². The number of ether oxygens (including phenoxy) is 1. The molecule has 0 saturated carbocycles. The molecule has 0 fully saturated rings.